The van der Waals surface area contributed by atoms with Crippen molar-refractivity contribution in [2.45, 2.75) is 77.7 Å². The summed E-state index contributed by atoms with van der Waals surface area (Å²) in [5.41, 5.74) is 7.29. The molecule has 5 atom stereocenters. The number of carbonyl (C=O) groups is 4. The SMILES string of the molecule is CC(C)CC(NC(=O)C(N)C(C)O)C(=O)NC(C(=O)NC(Cc1c[nH]c2ccccc12)C(=O)O)C(C)C. The molecule has 0 aliphatic heterocycles. The van der Waals surface area contributed by atoms with Crippen molar-refractivity contribution in [2.24, 2.45) is 17.6 Å². The fourth-order valence-electron chi connectivity index (χ4n) is 3.96. The molecular weight excluding hydrogens is 478 g/mol. The highest BCUT2D eigenvalue weighted by molar-refractivity contribution is 5.94. The quantitative estimate of drug-likeness (QED) is 0.203. The Labute approximate surface area is 216 Å². The van der Waals surface area contributed by atoms with Gasteiger partial charge in [-0.05, 0) is 36.8 Å². The van der Waals surface area contributed by atoms with Gasteiger partial charge in [-0.25, -0.2) is 4.79 Å². The highest BCUT2D eigenvalue weighted by atomic mass is 16.4. The van der Waals surface area contributed by atoms with Crippen molar-refractivity contribution in [3.63, 3.8) is 0 Å². The number of aliphatic hydroxyl groups excluding tert-OH is 1. The van der Waals surface area contributed by atoms with Crippen LogP contribution in [0.4, 0.5) is 0 Å². The Bertz CT molecular complexity index is 1100. The minimum atomic E-state index is -1.22. The van der Waals surface area contributed by atoms with E-state index in [1.54, 1.807) is 20.0 Å². The van der Waals surface area contributed by atoms with Gasteiger partial charge < -0.3 is 36.9 Å². The maximum atomic E-state index is 13.2. The molecule has 0 fully saturated rings. The molecule has 1 aromatic heterocycles. The number of hydrogen-bond acceptors (Lipinski definition) is 6. The Morgan fingerprint density at radius 2 is 1.54 bits per heavy atom. The first kappa shape index (κ1) is 29.8. The topological polar surface area (TPSA) is 187 Å². The Balaban J connectivity index is 2.16. The van der Waals surface area contributed by atoms with Crippen LogP contribution in [0.2, 0.25) is 0 Å². The van der Waals surface area contributed by atoms with E-state index in [-0.39, 0.29) is 24.7 Å². The molecule has 0 bridgehead atoms. The summed E-state index contributed by atoms with van der Waals surface area (Å²) < 4.78 is 0. The molecule has 0 saturated carbocycles. The summed E-state index contributed by atoms with van der Waals surface area (Å²) in [7, 11) is 0. The van der Waals surface area contributed by atoms with Crippen LogP contribution in [0, 0.1) is 11.8 Å². The number of aliphatic carboxylic acids is 1. The molecule has 1 heterocycles. The van der Waals surface area contributed by atoms with E-state index in [9.17, 15) is 29.4 Å². The van der Waals surface area contributed by atoms with Gasteiger partial charge in [0.25, 0.3) is 0 Å². The van der Waals surface area contributed by atoms with Crippen molar-refractivity contribution in [1.82, 2.24) is 20.9 Å². The van der Waals surface area contributed by atoms with Crippen LogP contribution in [0.3, 0.4) is 0 Å². The maximum absolute atomic E-state index is 13.2. The molecule has 5 unspecified atom stereocenters. The lowest BCUT2D eigenvalue weighted by atomic mass is 9.98. The molecule has 0 spiro atoms. The van der Waals surface area contributed by atoms with E-state index in [4.69, 9.17) is 5.73 Å². The number of para-hydroxylation sites is 1. The number of benzene rings is 1. The number of carboxylic acids is 1. The first-order valence-electron chi connectivity index (χ1n) is 12.4. The normalized spacial score (nSPS) is 15.6. The van der Waals surface area contributed by atoms with E-state index in [2.05, 4.69) is 20.9 Å². The smallest absolute Gasteiger partial charge is 0.326 e. The number of aromatic nitrogens is 1. The largest absolute Gasteiger partial charge is 0.480 e. The van der Waals surface area contributed by atoms with Crippen LogP contribution in [-0.4, -0.2) is 69.2 Å². The number of nitrogens with one attached hydrogen (secondary N) is 4. The van der Waals surface area contributed by atoms with Crippen LogP contribution in [0.5, 0.6) is 0 Å². The molecule has 0 aliphatic rings. The zero-order chi connectivity index (χ0) is 27.9. The van der Waals surface area contributed by atoms with Crippen LogP contribution in [-0.2, 0) is 25.6 Å². The van der Waals surface area contributed by atoms with E-state index < -0.39 is 54.0 Å². The van der Waals surface area contributed by atoms with Crippen LogP contribution in [0.15, 0.2) is 30.5 Å². The summed E-state index contributed by atoms with van der Waals surface area (Å²) in [6.45, 7) is 8.56. The maximum Gasteiger partial charge on any atom is 0.326 e. The molecule has 1 aromatic carbocycles. The van der Waals surface area contributed by atoms with Crippen LogP contribution >= 0.6 is 0 Å². The molecule has 204 valence electrons. The average molecular weight is 518 g/mol. The molecule has 0 saturated heterocycles. The van der Waals surface area contributed by atoms with Crippen molar-refractivity contribution in [2.75, 3.05) is 0 Å². The van der Waals surface area contributed by atoms with Gasteiger partial charge in [-0.3, -0.25) is 14.4 Å². The molecule has 2 rings (SSSR count). The van der Waals surface area contributed by atoms with Crippen LogP contribution in [0.1, 0.15) is 46.6 Å². The van der Waals surface area contributed by atoms with Gasteiger partial charge >= 0.3 is 5.97 Å². The molecule has 37 heavy (non-hydrogen) atoms. The number of aliphatic hydroxyl groups is 1. The van der Waals surface area contributed by atoms with Crippen molar-refractivity contribution >= 4 is 34.6 Å². The predicted molar refractivity (Wildman–Crippen MR) is 139 cm³/mol. The van der Waals surface area contributed by atoms with E-state index in [0.717, 1.165) is 16.5 Å². The second-order valence-corrected chi connectivity index (χ2v) is 10.2. The number of carbonyl (C=O) groups excluding carboxylic acids is 3. The molecule has 0 aliphatic carbocycles. The highest BCUT2D eigenvalue weighted by Crippen LogP contribution is 2.19. The third kappa shape index (κ3) is 8.29. The first-order valence-corrected chi connectivity index (χ1v) is 12.4. The molecule has 11 heteroatoms. The van der Waals surface area contributed by atoms with Gasteiger partial charge in [0.15, 0.2) is 0 Å². The standard InChI is InChI=1S/C26H39N5O6/c1-13(2)10-19(29-24(34)21(27)15(5)32)23(33)31-22(14(3)4)25(35)30-20(26(36)37)11-16-12-28-18-9-7-6-8-17(16)18/h6-9,12-15,19-22,28,32H,10-11,27H2,1-5H3,(H,29,34)(H,30,35)(H,31,33)(H,36,37). The van der Waals surface area contributed by atoms with Gasteiger partial charge in [-0.1, -0.05) is 45.9 Å². The zero-order valence-corrected chi connectivity index (χ0v) is 21.9. The fraction of sp³-hybridized carbons (Fsp3) is 0.538. The molecule has 2 aromatic rings. The van der Waals surface area contributed by atoms with Crippen LogP contribution in [0.25, 0.3) is 10.9 Å². The lowest BCUT2D eigenvalue weighted by Crippen LogP contribution is -2.59. The molecular formula is C26H39N5O6. The summed E-state index contributed by atoms with van der Waals surface area (Å²) >= 11 is 0. The third-order valence-electron chi connectivity index (χ3n) is 6.12. The first-order chi connectivity index (χ1) is 17.3. The second-order valence-electron chi connectivity index (χ2n) is 10.2. The monoisotopic (exact) mass is 517 g/mol. The predicted octanol–water partition coefficient (Wildman–Crippen LogP) is 0.660. The molecule has 3 amide bonds. The number of nitrogens with two attached hydrogens (primary N) is 1. The van der Waals surface area contributed by atoms with Gasteiger partial charge in [-0.2, -0.15) is 0 Å². The van der Waals surface area contributed by atoms with Gasteiger partial charge in [0, 0.05) is 23.5 Å². The molecule has 0 radical (unpaired) electrons. The number of fused-ring (bicyclic) bond motifs is 1. The van der Waals surface area contributed by atoms with Crippen molar-refractivity contribution in [3.8, 4) is 0 Å². The van der Waals surface area contributed by atoms with E-state index in [1.807, 2.05) is 38.1 Å². The van der Waals surface area contributed by atoms with E-state index in [1.165, 1.54) is 6.92 Å². The summed E-state index contributed by atoms with van der Waals surface area (Å²) in [4.78, 5) is 53.7. The number of carboxylic acid groups (broad SMARTS) is 1. The highest BCUT2D eigenvalue weighted by Gasteiger charge is 2.33. The number of rotatable bonds is 13. The average Bonchev–Trinajstić information content (AvgIpc) is 3.22. The number of amides is 3. The number of H-pyrrole nitrogens is 1. The Morgan fingerprint density at radius 1 is 0.919 bits per heavy atom. The minimum absolute atomic E-state index is 0.0257. The zero-order valence-electron chi connectivity index (χ0n) is 21.9. The summed E-state index contributed by atoms with van der Waals surface area (Å²) in [5, 5.41) is 28.0. The minimum Gasteiger partial charge on any atom is -0.480 e. The Morgan fingerprint density at radius 3 is 2.11 bits per heavy atom. The second kappa shape index (κ2) is 13.2. The molecule has 11 nitrogen and oxygen atoms in total. The number of hydrogen-bond donors (Lipinski definition) is 7. The summed E-state index contributed by atoms with van der Waals surface area (Å²) in [6.07, 6.45) is 0.926. The Hall–Kier alpha value is -3.44. The van der Waals surface area contributed by atoms with Gasteiger partial charge in [0.1, 0.15) is 24.2 Å². The van der Waals surface area contributed by atoms with Crippen LogP contribution < -0.4 is 21.7 Å². The van der Waals surface area contributed by atoms with E-state index >= 15 is 0 Å². The van der Waals surface area contributed by atoms with E-state index in [0.29, 0.717) is 0 Å². The lowest BCUT2D eigenvalue weighted by molar-refractivity contribution is -0.142. The third-order valence-corrected chi connectivity index (χ3v) is 6.12. The van der Waals surface area contributed by atoms with Gasteiger partial charge in [0.2, 0.25) is 17.7 Å². The van der Waals surface area contributed by atoms with Gasteiger partial charge in [0.05, 0.1) is 6.10 Å². The Kier molecular flexibility index (Phi) is 10.6. The summed E-state index contributed by atoms with van der Waals surface area (Å²) in [6, 6.07) is 2.97. The lowest BCUT2D eigenvalue weighted by Gasteiger charge is -2.28. The number of aromatic amines is 1. The van der Waals surface area contributed by atoms with Crippen molar-refractivity contribution in [3.05, 3.63) is 36.0 Å². The molecule has 8 N–H and O–H groups in total. The fourth-order valence-corrected chi connectivity index (χ4v) is 3.96. The van der Waals surface area contributed by atoms with Crippen molar-refractivity contribution < 1.29 is 29.4 Å². The van der Waals surface area contributed by atoms with Gasteiger partial charge in [-0.15, -0.1) is 0 Å². The van der Waals surface area contributed by atoms with Crippen molar-refractivity contribution in [1.29, 1.82) is 0 Å². The summed E-state index contributed by atoms with van der Waals surface area (Å²) in [5.74, 6) is -3.49.